The van der Waals surface area contributed by atoms with Gasteiger partial charge in [-0.15, -0.1) is 0 Å². The summed E-state index contributed by atoms with van der Waals surface area (Å²) in [6.07, 6.45) is 2.25. The lowest BCUT2D eigenvalue weighted by Crippen LogP contribution is -2.21. The molecule has 0 fully saturated rings. The fraction of sp³-hybridized carbons (Fsp3) is 0.583. The summed E-state index contributed by atoms with van der Waals surface area (Å²) in [7, 11) is 0. The molecule has 17 heavy (non-hydrogen) atoms. The average Bonchev–Trinajstić information content (AvgIpc) is 2.82. The van der Waals surface area contributed by atoms with Crippen LogP contribution in [0.15, 0.2) is 17.4 Å². The number of aromatic nitrogens is 2. The highest BCUT2D eigenvalue weighted by Gasteiger charge is 2.32. The third-order valence-corrected chi connectivity index (χ3v) is 2.81. The first-order valence-electron chi connectivity index (χ1n) is 5.86. The van der Waals surface area contributed by atoms with Crippen molar-refractivity contribution in [2.24, 2.45) is 10.5 Å². The predicted octanol–water partition coefficient (Wildman–Crippen LogP) is 2.04. The number of hydrogen-bond donors (Lipinski definition) is 0. The van der Waals surface area contributed by atoms with Crippen LogP contribution < -0.4 is 5.01 Å². The summed E-state index contributed by atoms with van der Waals surface area (Å²) in [6, 6.07) is 1.82. The van der Waals surface area contributed by atoms with Gasteiger partial charge < -0.3 is 0 Å². The van der Waals surface area contributed by atoms with Crippen molar-refractivity contribution in [2.45, 2.75) is 40.7 Å². The van der Waals surface area contributed by atoms with E-state index >= 15 is 0 Å². The van der Waals surface area contributed by atoms with Crippen LogP contribution in [0.5, 0.6) is 0 Å². The van der Waals surface area contributed by atoms with Crippen LogP contribution in [0.25, 0.3) is 0 Å². The van der Waals surface area contributed by atoms with Gasteiger partial charge >= 0.3 is 0 Å². The highest BCUT2D eigenvalue weighted by atomic mass is 16.2. The summed E-state index contributed by atoms with van der Waals surface area (Å²) < 4.78 is 1.78. The van der Waals surface area contributed by atoms with Crippen LogP contribution in [0.2, 0.25) is 0 Å². The fourth-order valence-corrected chi connectivity index (χ4v) is 1.66. The zero-order valence-electron chi connectivity index (χ0n) is 10.8. The van der Waals surface area contributed by atoms with E-state index in [1.807, 2.05) is 19.2 Å². The number of carbonyl (C=O) groups excluding carboxylic acids is 1. The van der Waals surface area contributed by atoms with E-state index in [-0.39, 0.29) is 11.3 Å². The SMILES string of the molecule is CCn1ccc(N2N=C(C(C)(C)C)CC2=O)n1. The summed E-state index contributed by atoms with van der Waals surface area (Å²) in [5, 5.41) is 10.1. The van der Waals surface area contributed by atoms with Gasteiger partial charge in [0.05, 0.1) is 12.1 Å². The second kappa shape index (κ2) is 3.98. The molecule has 5 heteroatoms. The van der Waals surface area contributed by atoms with E-state index in [1.165, 1.54) is 5.01 Å². The summed E-state index contributed by atoms with van der Waals surface area (Å²) in [6.45, 7) is 8.98. The van der Waals surface area contributed by atoms with Crippen molar-refractivity contribution in [3.8, 4) is 0 Å². The van der Waals surface area contributed by atoms with Crippen molar-refractivity contribution in [1.82, 2.24) is 9.78 Å². The number of aryl methyl sites for hydroxylation is 1. The molecular weight excluding hydrogens is 216 g/mol. The standard InChI is InChI=1S/C12H18N4O/c1-5-15-7-6-10(14-15)16-11(17)8-9(13-16)12(2,3)4/h6-7H,5,8H2,1-4H3. The Kier molecular flexibility index (Phi) is 2.77. The maximum absolute atomic E-state index is 11.9. The topological polar surface area (TPSA) is 50.5 Å². The number of hydrogen-bond acceptors (Lipinski definition) is 3. The minimum atomic E-state index is -0.0717. The van der Waals surface area contributed by atoms with Crippen molar-refractivity contribution in [3.63, 3.8) is 0 Å². The molecule has 0 spiro atoms. The summed E-state index contributed by atoms with van der Waals surface area (Å²) in [5.74, 6) is 0.604. The van der Waals surface area contributed by atoms with Crippen molar-refractivity contribution >= 4 is 17.4 Å². The molecule has 2 rings (SSSR count). The summed E-state index contributed by atoms with van der Waals surface area (Å²) >= 11 is 0. The Morgan fingerprint density at radius 3 is 2.59 bits per heavy atom. The summed E-state index contributed by atoms with van der Waals surface area (Å²) in [5.41, 5.74) is 0.839. The zero-order chi connectivity index (χ0) is 12.6. The van der Waals surface area contributed by atoms with Gasteiger partial charge in [-0.05, 0) is 6.92 Å². The van der Waals surface area contributed by atoms with Crippen molar-refractivity contribution in [3.05, 3.63) is 12.3 Å². The van der Waals surface area contributed by atoms with Crippen molar-refractivity contribution in [1.29, 1.82) is 0 Å². The van der Waals surface area contributed by atoms with Crippen molar-refractivity contribution in [2.75, 3.05) is 5.01 Å². The van der Waals surface area contributed by atoms with E-state index in [4.69, 9.17) is 0 Å². The Morgan fingerprint density at radius 2 is 2.12 bits per heavy atom. The molecule has 5 nitrogen and oxygen atoms in total. The Balaban J connectivity index is 2.27. The highest BCUT2D eigenvalue weighted by molar-refractivity contribution is 6.14. The molecule has 0 aliphatic carbocycles. The van der Waals surface area contributed by atoms with Crippen LogP contribution in [0, 0.1) is 5.41 Å². The van der Waals surface area contributed by atoms with Gasteiger partial charge in [0.1, 0.15) is 0 Å². The molecule has 1 aliphatic heterocycles. The third-order valence-electron chi connectivity index (χ3n) is 2.81. The van der Waals surface area contributed by atoms with Crippen LogP contribution in [-0.2, 0) is 11.3 Å². The van der Waals surface area contributed by atoms with Crippen LogP contribution >= 0.6 is 0 Å². The van der Waals surface area contributed by atoms with Crippen LogP contribution in [0.4, 0.5) is 5.82 Å². The first-order chi connectivity index (χ1) is 7.91. The monoisotopic (exact) mass is 234 g/mol. The lowest BCUT2D eigenvalue weighted by molar-refractivity contribution is -0.117. The summed E-state index contributed by atoms with van der Waals surface area (Å²) in [4.78, 5) is 11.9. The second-order valence-corrected chi connectivity index (χ2v) is 5.21. The maximum atomic E-state index is 11.9. The first kappa shape index (κ1) is 11.8. The van der Waals surface area contributed by atoms with E-state index in [1.54, 1.807) is 4.68 Å². The normalized spacial score (nSPS) is 16.6. The van der Waals surface area contributed by atoms with Gasteiger partial charge in [-0.2, -0.15) is 15.2 Å². The smallest absolute Gasteiger partial charge is 0.254 e. The largest absolute Gasteiger partial charge is 0.272 e. The van der Waals surface area contributed by atoms with Crippen LogP contribution in [-0.4, -0.2) is 21.4 Å². The van der Waals surface area contributed by atoms with Gasteiger partial charge in [-0.3, -0.25) is 9.48 Å². The van der Waals surface area contributed by atoms with Crippen LogP contribution in [0.1, 0.15) is 34.1 Å². The minimum absolute atomic E-state index is 0.00345. The molecule has 2 heterocycles. The van der Waals surface area contributed by atoms with Gasteiger partial charge in [0.25, 0.3) is 5.91 Å². The lowest BCUT2D eigenvalue weighted by Gasteiger charge is -2.16. The molecule has 0 unspecified atom stereocenters. The van der Waals surface area contributed by atoms with E-state index in [9.17, 15) is 4.79 Å². The number of nitrogens with zero attached hydrogens (tertiary/aromatic N) is 4. The number of carbonyl (C=O) groups is 1. The molecule has 92 valence electrons. The minimum Gasteiger partial charge on any atom is -0.272 e. The van der Waals surface area contributed by atoms with E-state index in [0.29, 0.717) is 12.2 Å². The molecule has 0 saturated heterocycles. The molecule has 0 N–H and O–H groups in total. The van der Waals surface area contributed by atoms with Gasteiger partial charge in [0, 0.05) is 24.2 Å². The Hall–Kier alpha value is -1.65. The van der Waals surface area contributed by atoms with E-state index < -0.39 is 0 Å². The number of amides is 1. The molecule has 1 aliphatic rings. The average molecular weight is 234 g/mol. The van der Waals surface area contributed by atoms with E-state index in [0.717, 1.165) is 12.3 Å². The predicted molar refractivity (Wildman–Crippen MR) is 66.9 cm³/mol. The molecule has 0 aromatic carbocycles. The molecule has 0 atom stereocenters. The molecule has 1 aromatic heterocycles. The lowest BCUT2D eigenvalue weighted by atomic mass is 9.88. The zero-order valence-corrected chi connectivity index (χ0v) is 10.8. The molecule has 0 bridgehead atoms. The Labute approximate surface area is 101 Å². The first-order valence-corrected chi connectivity index (χ1v) is 5.86. The molecular formula is C12H18N4O. The molecule has 1 aromatic rings. The maximum Gasteiger partial charge on any atom is 0.254 e. The molecule has 0 radical (unpaired) electrons. The van der Waals surface area contributed by atoms with Gasteiger partial charge in [-0.1, -0.05) is 20.8 Å². The van der Waals surface area contributed by atoms with E-state index in [2.05, 4.69) is 31.0 Å². The number of rotatable bonds is 2. The van der Waals surface area contributed by atoms with Gasteiger partial charge in [0.2, 0.25) is 0 Å². The quantitative estimate of drug-likeness (QED) is 0.786. The number of hydrazone groups is 1. The third kappa shape index (κ3) is 2.23. The van der Waals surface area contributed by atoms with Crippen molar-refractivity contribution < 1.29 is 4.79 Å². The van der Waals surface area contributed by atoms with Crippen LogP contribution in [0.3, 0.4) is 0 Å². The second-order valence-electron chi connectivity index (χ2n) is 5.21. The fourth-order valence-electron chi connectivity index (χ4n) is 1.66. The molecule has 0 saturated carbocycles. The number of anilines is 1. The Morgan fingerprint density at radius 1 is 1.41 bits per heavy atom. The Bertz CT molecular complexity index is 467. The van der Waals surface area contributed by atoms with Gasteiger partial charge in [-0.25, -0.2) is 0 Å². The molecule has 1 amide bonds. The highest BCUT2D eigenvalue weighted by Crippen LogP contribution is 2.26. The van der Waals surface area contributed by atoms with Gasteiger partial charge in [0.15, 0.2) is 5.82 Å².